The highest BCUT2D eigenvalue weighted by atomic mass is 32.1. The van der Waals surface area contributed by atoms with Gasteiger partial charge in [0.15, 0.2) is 12.3 Å². The molecule has 4 rings (SSSR count). The Balaban J connectivity index is 1.77. The molecule has 0 aliphatic carbocycles. The lowest BCUT2D eigenvalue weighted by Gasteiger charge is -2.26. The third-order valence-corrected chi connectivity index (χ3v) is 5.40. The highest BCUT2D eigenvalue weighted by Crippen LogP contribution is 2.20. The predicted molar refractivity (Wildman–Crippen MR) is 93.9 cm³/mol. The second kappa shape index (κ2) is 5.66. The van der Waals surface area contributed by atoms with Crippen LogP contribution >= 0.6 is 11.3 Å². The molecule has 2 amide bonds. The summed E-state index contributed by atoms with van der Waals surface area (Å²) in [4.78, 5) is 42.9. The van der Waals surface area contributed by atoms with Gasteiger partial charge in [-0.2, -0.15) is 4.68 Å². The first-order valence-corrected chi connectivity index (χ1v) is 8.50. The van der Waals surface area contributed by atoms with Crippen LogP contribution in [0.1, 0.15) is 5.56 Å². The molecule has 0 spiro atoms. The molecule has 1 fully saturated rings. The fourth-order valence-electron chi connectivity index (χ4n) is 2.97. The van der Waals surface area contributed by atoms with Gasteiger partial charge in [-0.25, -0.2) is 9.79 Å². The van der Waals surface area contributed by atoms with Gasteiger partial charge in [0, 0.05) is 26.2 Å². The molecule has 11 heteroatoms. The van der Waals surface area contributed by atoms with Crippen molar-refractivity contribution >= 4 is 29.1 Å². The van der Waals surface area contributed by atoms with Crippen LogP contribution in [0.4, 0.5) is 10.5 Å². The van der Waals surface area contributed by atoms with Crippen LogP contribution < -0.4 is 20.3 Å². The van der Waals surface area contributed by atoms with Crippen molar-refractivity contribution < 1.29 is 9.72 Å². The maximum atomic E-state index is 12.6. The van der Waals surface area contributed by atoms with Crippen molar-refractivity contribution in [3.05, 3.63) is 59.6 Å². The molecule has 0 bridgehead atoms. The van der Waals surface area contributed by atoms with Gasteiger partial charge >= 0.3 is 6.03 Å². The van der Waals surface area contributed by atoms with Crippen molar-refractivity contribution in [2.75, 3.05) is 19.5 Å². The summed E-state index contributed by atoms with van der Waals surface area (Å²) < 4.78 is 1.79. The SMILES string of the molecule is CN1C(=O)N(C)C2Nn3c(s/c(=C\c4ccc([N+](=O)[O-])cc4)c3=O)=NC21. The van der Waals surface area contributed by atoms with Gasteiger partial charge in [-0.1, -0.05) is 11.3 Å². The second-order valence-corrected chi connectivity index (χ2v) is 7.01. The standard InChI is InChI=1S/C15H14N6O4S/c1-18-11-12(19(2)15(18)23)17-20-13(22)10(26-14(20)16-11)7-8-3-5-9(6-4-8)21(24)25/h3-7,11-12,17H,1-2H3/b10-7-. The van der Waals surface area contributed by atoms with Crippen LogP contribution in [0.2, 0.25) is 0 Å². The lowest BCUT2D eigenvalue weighted by molar-refractivity contribution is -0.384. The maximum Gasteiger partial charge on any atom is 0.323 e. The highest BCUT2D eigenvalue weighted by molar-refractivity contribution is 7.07. The van der Waals surface area contributed by atoms with Crippen molar-refractivity contribution in [3.63, 3.8) is 0 Å². The smallest absolute Gasteiger partial charge is 0.302 e. The van der Waals surface area contributed by atoms with Crippen LogP contribution in [0.15, 0.2) is 34.1 Å². The summed E-state index contributed by atoms with van der Waals surface area (Å²) in [7, 11) is 3.32. The zero-order valence-electron chi connectivity index (χ0n) is 13.8. The molecule has 1 saturated heterocycles. The summed E-state index contributed by atoms with van der Waals surface area (Å²) in [5, 5.41) is 10.7. The number of rotatable bonds is 2. The minimum absolute atomic E-state index is 0.00965. The fourth-order valence-corrected chi connectivity index (χ4v) is 3.92. The van der Waals surface area contributed by atoms with Crippen LogP contribution in [-0.4, -0.2) is 51.9 Å². The average Bonchev–Trinajstić information content (AvgIpc) is 3.04. The van der Waals surface area contributed by atoms with Crippen molar-refractivity contribution in [3.8, 4) is 0 Å². The van der Waals surface area contributed by atoms with Gasteiger partial charge < -0.3 is 9.80 Å². The number of nitrogens with one attached hydrogen (secondary N) is 1. The molecule has 2 aliphatic rings. The molecule has 1 aromatic carbocycles. The largest absolute Gasteiger partial charge is 0.323 e. The van der Waals surface area contributed by atoms with Crippen LogP contribution in [0, 0.1) is 10.1 Å². The monoisotopic (exact) mass is 374 g/mol. The minimum Gasteiger partial charge on any atom is -0.302 e. The molecular weight excluding hydrogens is 360 g/mol. The first kappa shape index (κ1) is 16.3. The first-order chi connectivity index (χ1) is 12.4. The Kier molecular flexibility index (Phi) is 3.54. The van der Waals surface area contributed by atoms with Gasteiger partial charge in [0.25, 0.3) is 11.2 Å². The van der Waals surface area contributed by atoms with E-state index in [2.05, 4.69) is 10.4 Å². The summed E-state index contributed by atoms with van der Waals surface area (Å²) in [5.41, 5.74) is 3.43. The average molecular weight is 374 g/mol. The van der Waals surface area contributed by atoms with E-state index in [9.17, 15) is 19.7 Å². The number of nitro benzene ring substituents is 1. The topological polar surface area (TPSA) is 113 Å². The predicted octanol–water partition coefficient (Wildman–Crippen LogP) is -0.527. The molecule has 26 heavy (non-hydrogen) atoms. The molecule has 0 radical (unpaired) electrons. The molecule has 2 aliphatic heterocycles. The van der Waals surface area contributed by atoms with E-state index in [1.54, 1.807) is 32.3 Å². The molecule has 2 aromatic rings. The van der Waals surface area contributed by atoms with E-state index in [4.69, 9.17) is 0 Å². The Labute approximate surface area is 150 Å². The van der Waals surface area contributed by atoms with Gasteiger partial charge in [-0.05, 0) is 23.8 Å². The minimum atomic E-state index is -0.474. The fraction of sp³-hybridized carbons (Fsp3) is 0.267. The lowest BCUT2D eigenvalue weighted by Crippen LogP contribution is -2.54. The van der Waals surface area contributed by atoms with Crippen molar-refractivity contribution in [2.45, 2.75) is 12.3 Å². The summed E-state index contributed by atoms with van der Waals surface area (Å²) in [6, 6.07) is 5.78. The molecule has 0 saturated carbocycles. The summed E-state index contributed by atoms with van der Waals surface area (Å²) in [6.45, 7) is 0. The number of nitrogens with zero attached hydrogens (tertiary/aromatic N) is 5. The second-order valence-electron chi connectivity index (χ2n) is 6.00. The summed E-state index contributed by atoms with van der Waals surface area (Å²) >= 11 is 1.20. The van der Waals surface area contributed by atoms with Gasteiger partial charge in [0.05, 0.1) is 9.46 Å². The number of thiazole rings is 1. The summed E-state index contributed by atoms with van der Waals surface area (Å²) in [6.07, 6.45) is 0.838. The Morgan fingerprint density at radius 2 is 1.92 bits per heavy atom. The van der Waals surface area contributed by atoms with Gasteiger partial charge in [-0.3, -0.25) is 20.3 Å². The van der Waals surface area contributed by atoms with Crippen LogP contribution in [-0.2, 0) is 0 Å². The van der Waals surface area contributed by atoms with Gasteiger partial charge in [0.2, 0.25) is 4.80 Å². The Bertz CT molecular complexity index is 1090. The number of nitro groups is 1. The summed E-state index contributed by atoms with van der Waals surface area (Å²) in [5.74, 6) is 0. The number of hydrogen-bond donors (Lipinski definition) is 1. The van der Waals surface area contributed by atoms with E-state index < -0.39 is 17.3 Å². The van der Waals surface area contributed by atoms with E-state index in [0.717, 1.165) is 0 Å². The van der Waals surface area contributed by atoms with Crippen molar-refractivity contribution in [1.29, 1.82) is 0 Å². The van der Waals surface area contributed by atoms with E-state index in [1.807, 2.05) is 0 Å². The highest BCUT2D eigenvalue weighted by Gasteiger charge is 2.44. The lowest BCUT2D eigenvalue weighted by atomic mass is 10.2. The zero-order chi connectivity index (χ0) is 18.6. The number of carbonyl (C=O) groups excluding carboxylic acids is 1. The Morgan fingerprint density at radius 1 is 1.23 bits per heavy atom. The quantitative estimate of drug-likeness (QED) is 0.561. The van der Waals surface area contributed by atoms with Crippen molar-refractivity contribution in [2.24, 2.45) is 4.99 Å². The number of non-ortho nitro benzene ring substituents is 1. The van der Waals surface area contributed by atoms with E-state index in [-0.39, 0.29) is 17.3 Å². The normalized spacial score (nSPS) is 21.9. The molecule has 134 valence electrons. The molecule has 2 atom stereocenters. The molecule has 3 heterocycles. The number of fused-ring (bicyclic) bond motifs is 2. The third kappa shape index (κ3) is 2.36. The molecular formula is C15H14N6O4S. The van der Waals surface area contributed by atoms with Crippen LogP contribution in [0.3, 0.4) is 0 Å². The van der Waals surface area contributed by atoms with E-state index in [0.29, 0.717) is 14.9 Å². The number of benzene rings is 1. The maximum absolute atomic E-state index is 12.6. The number of amides is 2. The first-order valence-electron chi connectivity index (χ1n) is 7.69. The number of carbonyl (C=O) groups is 1. The van der Waals surface area contributed by atoms with Crippen LogP contribution in [0.25, 0.3) is 6.08 Å². The van der Waals surface area contributed by atoms with Crippen LogP contribution in [0.5, 0.6) is 0 Å². The van der Waals surface area contributed by atoms with E-state index >= 15 is 0 Å². The number of aromatic nitrogens is 1. The number of urea groups is 1. The number of likely N-dealkylation sites (N-methyl/N-ethyl adjacent to an activating group) is 2. The molecule has 10 nitrogen and oxygen atoms in total. The number of hydrogen-bond acceptors (Lipinski definition) is 7. The van der Waals surface area contributed by atoms with Crippen molar-refractivity contribution in [1.82, 2.24) is 14.5 Å². The molecule has 1 aromatic heterocycles. The molecule has 2 unspecified atom stereocenters. The van der Waals surface area contributed by atoms with Gasteiger partial charge in [-0.15, -0.1) is 0 Å². The van der Waals surface area contributed by atoms with Gasteiger partial charge in [0.1, 0.15) is 0 Å². The zero-order valence-corrected chi connectivity index (χ0v) is 14.6. The molecule has 1 N–H and O–H groups in total. The third-order valence-electron chi connectivity index (χ3n) is 4.41. The Hall–Kier alpha value is -3.21. The van der Waals surface area contributed by atoms with E-state index in [1.165, 1.54) is 37.9 Å². The Morgan fingerprint density at radius 3 is 2.58 bits per heavy atom.